The first-order chi connectivity index (χ1) is 8.75. The van der Waals surface area contributed by atoms with Crippen molar-refractivity contribution in [2.24, 2.45) is 0 Å². The van der Waals surface area contributed by atoms with E-state index in [4.69, 9.17) is 20.5 Å². The number of anilines is 1. The van der Waals surface area contributed by atoms with Gasteiger partial charge in [-0.3, -0.25) is 8.86 Å². The predicted octanol–water partition coefficient (Wildman–Crippen LogP) is 0.716. The van der Waals surface area contributed by atoms with Crippen molar-refractivity contribution >= 4 is 32.0 Å². The monoisotopic (exact) mass is 278 g/mol. The van der Waals surface area contributed by atoms with Gasteiger partial charge in [0, 0.05) is 7.05 Å². The Morgan fingerprint density at radius 2 is 1.79 bits per heavy atom. The Kier molecular flexibility index (Phi) is 5.46. The van der Waals surface area contributed by atoms with Crippen molar-refractivity contribution in [3.8, 4) is 0 Å². The van der Waals surface area contributed by atoms with E-state index in [9.17, 15) is 8.42 Å². The highest BCUT2D eigenvalue weighted by molar-refractivity contribution is 7.87. The molecule has 1 aromatic rings. The van der Waals surface area contributed by atoms with Crippen molar-refractivity contribution < 1.29 is 13.0 Å². The van der Waals surface area contributed by atoms with Crippen LogP contribution in [0.4, 0.5) is 5.69 Å². The molecule has 5 nitrogen and oxygen atoms in total. The van der Waals surface area contributed by atoms with E-state index in [1.807, 2.05) is 6.92 Å². The van der Waals surface area contributed by atoms with Crippen molar-refractivity contribution in [2.45, 2.75) is 25.8 Å². The van der Waals surface area contributed by atoms with Gasteiger partial charge in [-0.05, 0) is 36.6 Å². The molecule has 1 rings (SSSR count). The second-order valence-electron chi connectivity index (χ2n) is 4.33. The first-order valence-electron chi connectivity index (χ1n) is 5.84. The van der Waals surface area contributed by atoms with E-state index in [2.05, 4.69) is 0 Å². The molecule has 0 aromatic heterocycles. The fourth-order valence-corrected chi connectivity index (χ4v) is 2.10. The van der Waals surface area contributed by atoms with Gasteiger partial charge < -0.3 is 4.72 Å². The molecule has 0 heterocycles. The van der Waals surface area contributed by atoms with Crippen molar-refractivity contribution in [1.29, 1.82) is 0 Å². The molecule has 0 fully saturated rings. The van der Waals surface area contributed by atoms with E-state index >= 15 is 0 Å². The van der Waals surface area contributed by atoms with Gasteiger partial charge in [0.15, 0.2) is 16.0 Å². The van der Waals surface area contributed by atoms with E-state index in [1.54, 1.807) is 24.3 Å². The molecule has 1 N–H and O–H groups in total. The molecule has 1 aromatic carbocycles. The summed E-state index contributed by atoms with van der Waals surface area (Å²) in [4.78, 5) is 0. The molecule has 4 radical (unpaired) electrons. The second-order valence-corrected chi connectivity index (χ2v) is 5.77. The lowest BCUT2D eigenvalue weighted by atomic mass is 9.96. The summed E-state index contributed by atoms with van der Waals surface area (Å²) in [5, 5.41) is 0. The number of rotatable bonds is 6. The molecule has 1 atom stereocenters. The van der Waals surface area contributed by atoms with Crippen LogP contribution in [-0.2, 0) is 16.7 Å². The van der Waals surface area contributed by atoms with E-state index in [1.165, 1.54) is 11.8 Å². The third-order valence-corrected chi connectivity index (χ3v) is 3.91. The van der Waals surface area contributed by atoms with Crippen LogP contribution >= 0.6 is 0 Å². The minimum absolute atomic E-state index is 0.0187. The van der Waals surface area contributed by atoms with Crippen LogP contribution in [0.5, 0.6) is 0 Å². The lowest BCUT2D eigenvalue weighted by Gasteiger charge is -2.24. The Balaban J connectivity index is 2.82. The maximum atomic E-state index is 11.0. The van der Waals surface area contributed by atoms with E-state index < -0.39 is 10.3 Å². The smallest absolute Gasteiger partial charge is 0.359 e. The van der Waals surface area contributed by atoms with Crippen molar-refractivity contribution in [1.82, 2.24) is 4.72 Å². The Morgan fingerprint density at radius 3 is 2.16 bits per heavy atom. The molecule has 0 amide bonds. The molecule has 19 heavy (non-hydrogen) atoms. The fourth-order valence-electron chi connectivity index (χ4n) is 1.71. The topological polar surface area (TPSA) is 60.9 Å². The highest BCUT2D eigenvalue weighted by atomic mass is 32.2. The van der Waals surface area contributed by atoms with Gasteiger partial charge >= 0.3 is 10.3 Å². The second kappa shape index (κ2) is 6.45. The van der Waals surface area contributed by atoms with E-state index in [0.717, 1.165) is 16.3 Å². The molecular formula is C11H16B2N2O3S. The van der Waals surface area contributed by atoms with Crippen LogP contribution in [0.15, 0.2) is 24.3 Å². The summed E-state index contributed by atoms with van der Waals surface area (Å²) in [6, 6.07) is 6.82. The summed E-state index contributed by atoms with van der Waals surface area (Å²) < 4.78 is 32.8. The zero-order valence-electron chi connectivity index (χ0n) is 11.0. The average molecular weight is 278 g/mol. The highest BCUT2D eigenvalue weighted by Gasteiger charge is 2.14. The van der Waals surface area contributed by atoms with Crippen LogP contribution in [0, 0.1) is 0 Å². The molecule has 100 valence electrons. The zero-order chi connectivity index (χ0) is 14.6. The molecule has 0 aliphatic carbocycles. The maximum Gasteiger partial charge on any atom is 0.359 e. The molecule has 0 spiro atoms. The largest absolute Gasteiger partial charge is 0.401 e. The van der Waals surface area contributed by atoms with Gasteiger partial charge in [0.25, 0.3) is 0 Å². The van der Waals surface area contributed by atoms with Crippen LogP contribution in [0.25, 0.3) is 0 Å². The molecule has 8 heteroatoms. The van der Waals surface area contributed by atoms with Crippen LogP contribution in [0.2, 0.25) is 0 Å². The van der Waals surface area contributed by atoms with Gasteiger partial charge in [0.05, 0.1) is 5.69 Å². The standard InChI is InChI=1S/C11H16B2N2O3S/c1-3-10(15(12)13)8-9-4-6-11(7-5-9)14(2)19(16,17)18/h4-7,10H,3,8H2,1-2H3,(H,16,17,18). The summed E-state index contributed by atoms with van der Waals surface area (Å²) in [6.07, 6.45) is 1.47. The van der Waals surface area contributed by atoms with Crippen LogP contribution in [0.3, 0.4) is 0 Å². The SMILES string of the molecule is [B]N([B])C(CC)Cc1ccc(N(C)S(=O)(=O)O)cc1. The molecule has 0 bridgehead atoms. The van der Waals surface area contributed by atoms with Gasteiger partial charge in [-0.1, -0.05) is 19.1 Å². The maximum absolute atomic E-state index is 11.0. The zero-order valence-corrected chi connectivity index (χ0v) is 11.8. The van der Waals surface area contributed by atoms with Crippen molar-refractivity contribution in [2.75, 3.05) is 11.4 Å². The molecule has 0 aliphatic rings. The molecule has 0 saturated carbocycles. The van der Waals surface area contributed by atoms with Gasteiger partial charge in [-0.25, -0.2) is 0 Å². The first-order valence-corrected chi connectivity index (χ1v) is 7.24. The molecule has 0 saturated heterocycles. The average Bonchev–Trinajstić information content (AvgIpc) is 2.34. The van der Waals surface area contributed by atoms with Gasteiger partial charge in [-0.2, -0.15) is 8.42 Å². The van der Waals surface area contributed by atoms with Gasteiger partial charge in [0.1, 0.15) is 0 Å². The van der Waals surface area contributed by atoms with Gasteiger partial charge in [0.2, 0.25) is 0 Å². The summed E-state index contributed by atoms with van der Waals surface area (Å²) in [6.45, 7) is 1.98. The fraction of sp³-hybridized carbons (Fsp3) is 0.455. The van der Waals surface area contributed by atoms with Gasteiger partial charge in [-0.15, -0.1) is 0 Å². The molecule has 1 unspecified atom stereocenters. The number of hydrogen-bond acceptors (Lipinski definition) is 3. The summed E-state index contributed by atoms with van der Waals surface area (Å²) in [5.74, 6) is 0. The molecular weight excluding hydrogens is 262 g/mol. The number of benzene rings is 1. The summed E-state index contributed by atoms with van der Waals surface area (Å²) >= 11 is 0. The van der Waals surface area contributed by atoms with E-state index in [0.29, 0.717) is 12.1 Å². The van der Waals surface area contributed by atoms with Crippen molar-refractivity contribution in [3.63, 3.8) is 0 Å². The van der Waals surface area contributed by atoms with Crippen molar-refractivity contribution in [3.05, 3.63) is 29.8 Å². The Labute approximate surface area is 117 Å². The number of nitrogens with zero attached hydrogens (tertiary/aromatic N) is 2. The Bertz CT molecular complexity index is 505. The summed E-state index contributed by atoms with van der Waals surface area (Å²) in [7, 11) is 8.10. The van der Waals surface area contributed by atoms with Crippen LogP contribution in [0.1, 0.15) is 18.9 Å². The van der Waals surface area contributed by atoms with Crippen LogP contribution < -0.4 is 4.31 Å². The normalized spacial score (nSPS) is 13.5. The molecule has 0 aliphatic heterocycles. The highest BCUT2D eigenvalue weighted by Crippen LogP contribution is 2.18. The minimum Gasteiger partial charge on any atom is -0.401 e. The third kappa shape index (κ3) is 4.56. The Morgan fingerprint density at radius 1 is 1.26 bits per heavy atom. The minimum atomic E-state index is -4.22. The quantitative estimate of drug-likeness (QED) is 0.615. The lowest BCUT2D eigenvalue weighted by Crippen LogP contribution is -2.32. The first kappa shape index (κ1) is 16.1. The Hall–Kier alpha value is -0.980. The summed E-state index contributed by atoms with van der Waals surface area (Å²) in [5.41, 5.74) is 1.37. The number of hydrogen-bond donors (Lipinski definition) is 1. The van der Waals surface area contributed by atoms with E-state index in [-0.39, 0.29) is 6.04 Å². The van der Waals surface area contributed by atoms with Crippen LogP contribution in [-0.4, -0.2) is 46.7 Å². The lowest BCUT2D eigenvalue weighted by molar-refractivity contribution is 0.466. The third-order valence-electron chi connectivity index (χ3n) is 3.01. The predicted molar refractivity (Wildman–Crippen MR) is 77.5 cm³/mol.